The summed E-state index contributed by atoms with van der Waals surface area (Å²) in [5, 5.41) is 12.5. The number of carbonyl (C=O) groups is 1. The number of aromatic nitrogens is 1. The minimum absolute atomic E-state index is 0.229. The molecular weight excluding hydrogens is 455 g/mol. The van der Waals surface area contributed by atoms with Crippen LogP contribution in [0.3, 0.4) is 0 Å². The number of hydrogen-bond donors (Lipinski definition) is 0. The fraction of sp³-hybridized carbons (Fsp3) is 0.0556. The molecule has 24 heavy (non-hydrogen) atoms. The Kier molecular flexibility index (Phi) is 5.29. The fourth-order valence-electron chi connectivity index (χ4n) is 2.21. The lowest BCUT2D eigenvalue weighted by molar-refractivity contribution is 0.0979. The molecule has 3 nitrogen and oxygen atoms in total. The van der Waals surface area contributed by atoms with E-state index in [1.165, 1.54) is 11.3 Å². The molecule has 0 fully saturated rings. The van der Waals surface area contributed by atoms with Crippen molar-refractivity contribution < 1.29 is 4.79 Å². The zero-order valence-electron chi connectivity index (χ0n) is 12.2. The molecule has 1 aromatic heterocycles. The van der Waals surface area contributed by atoms with E-state index in [1.54, 1.807) is 24.3 Å². The lowest BCUT2D eigenvalue weighted by Gasteiger charge is -2.05. The number of rotatable bonds is 4. The summed E-state index contributed by atoms with van der Waals surface area (Å²) in [5.41, 5.74) is 2.17. The first-order valence-corrected chi connectivity index (χ1v) is 9.33. The van der Waals surface area contributed by atoms with Gasteiger partial charge in [0.2, 0.25) is 0 Å². The van der Waals surface area contributed by atoms with Gasteiger partial charge in [-0.3, -0.25) is 4.79 Å². The molecule has 118 valence electrons. The molecule has 1 heterocycles. The summed E-state index contributed by atoms with van der Waals surface area (Å²) in [6.07, 6.45) is 0. The highest BCUT2D eigenvalue weighted by atomic mass is 127. The molecule has 2 aromatic carbocycles. The molecule has 0 N–H and O–H groups in total. The lowest BCUT2D eigenvalue weighted by atomic mass is 9.99. The quantitative estimate of drug-likeness (QED) is 0.375. The Morgan fingerprint density at radius 1 is 1.25 bits per heavy atom. The van der Waals surface area contributed by atoms with Crippen molar-refractivity contribution in [3.63, 3.8) is 0 Å². The molecule has 0 saturated heterocycles. The number of Topliss-reactive ketones (excluding diaryl/α,β-unsaturated/α-hetero) is 1. The van der Waals surface area contributed by atoms with Gasteiger partial charge in [0.05, 0.1) is 11.8 Å². The standard InChI is InChI=1S/C18H10ClIN2OS/c19-13-6-4-11(5-7-13)16-10-24-18(22-16)15(9-21)17(23)12-2-1-3-14(20)8-12/h1-8,10,15H. The molecule has 1 atom stereocenters. The Morgan fingerprint density at radius 2 is 2.00 bits per heavy atom. The van der Waals surface area contributed by atoms with Gasteiger partial charge in [-0.05, 0) is 46.9 Å². The van der Waals surface area contributed by atoms with Crippen molar-refractivity contribution in [1.29, 1.82) is 5.26 Å². The number of nitrogens with zero attached hydrogens (tertiary/aromatic N) is 2. The van der Waals surface area contributed by atoms with Gasteiger partial charge in [-0.15, -0.1) is 11.3 Å². The number of ketones is 1. The molecule has 0 bridgehead atoms. The maximum Gasteiger partial charge on any atom is 0.186 e. The van der Waals surface area contributed by atoms with E-state index in [1.807, 2.05) is 29.6 Å². The third-order valence-electron chi connectivity index (χ3n) is 3.41. The van der Waals surface area contributed by atoms with E-state index in [0.717, 1.165) is 14.8 Å². The van der Waals surface area contributed by atoms with Crippen molar-refractivity contribution in [3.05, 3.63) is 73.1 Å². The zero-order chi connectivity index (χ0) is 17.1. The number of halogens is 2. The van der Waals surface area contributed by atoms with E-state index in [2.05, 4.69) is 33.6 Å². The van der Waals surface area contributed by atoms with Crippen LogP contribution in [0.1, 0.15) is 21.3 Å². The van der Waals surface area contributed by atoms with Crippen molar-refractivity contribution in [1.82, 2.24) is 4.98 Å². The maximum absolute atomic E-state index is 12.6. The first kappa shape index (κ1) is 17.1. The molecule has 0 radical (unpaired) electrons. The van der Waals surface area contributed by atoms with Crippen LogP contribution in [0.5, 0.6) is 0 Å². The van der Waals surface area contributed by atoms with Crippen LogP contribution in [0.4, 0.5) is 0 Å². The lowest BCUT2D eigenvalue weighted by Crippen LogP contribution is -2.11. The van der Waals surface area contributed by atoms with Crippen LogP contribution in [-0.4, -0.2) is 10.8 Å². The van der Waals surface area contributed by atoms with Gasteiger partial charge in [0.15, 0.2) is 11.7 Å². The van der Waals surface area contributed by atoms with Gasteiger partial charge in [0.25, 0.3) is 0 Å². The van der Waals surface area contributed by atoms with Crippen LogP contribution in [0.25, 0.3) is 11.3 Å². The average molecular weight is 465 g/mol. The normalized spacial score (nSPS) is 11.7. The molecule has 0 saturated carbocycles. The maximum atomic E-state index is 12.6. The number of benzene rings is 2. The minimum atomic E-state index is -0.894. The van der Waals surface area contributed by atoms with Crippen molar-refractivity contribution in [2.45, 2.75) is 5.92 Å². The van der Waals surface area contributed by atoms with Gasteiger partial charge in [-0.1, -0.05) is 35.9 Å². The highest BCUT2D eigenvalue weighted by molar-refractivity contribution is 14.1. The molecule has 0 amide bonds. The monoisotopic (exact) mass is 464 g/mol. The Balaban J connectivity index is 1.91. The summed E-state index contributed by atoms with van der Waals surface area (Å²) in [6, 6.07) is 16.6. The first-order valence-electron chi connectivity index (χ1n) is 6.99. The summed E-state index contributed by atoms with van der Waals surface area (Å²) in [4.78, 5) is 17.1. The Hall–Kier alpha value is -1.75. The van der Waals surface area contributed by atoms with E-state index in [-0.39, 0.29) is 5.78 Å². The van der Waals surface area contributed by atoms with Gasteiger partial charge in [0, 0.05) is 25.1 Å². The predicted molar refractivity (Wildman–Crippen MR) is 104 cm³/mol. The Labute approximate surface area is 162 Å². The van der Waals surface area contributed by atoms with Crippen molar-refractivity contribution in [2.75, 3.05) is 0 Å². The molecular formula is C18H10ClIN2OS. The third kappa shape index (κ3) is 3.66. The molecule has 0 aliphatic carbocycles. The molecule has 3 rings (SSSR count). The fourth-order valence-corrected chi connectivity index (χ4v) is 3.74. The van der Waals surface area contributed by atoms with E-state index in [4.69, 9.17) is 11.6 Å². The van der Waals surface area contributed by atoms with Crippen LogP contribution in [0.15, 0.2) is 53.9 Å². The molecule has 0 aliphatic heterocycles. The largest absolute Gasteiger partial charge is 0.292 e. The summed E-state index contributed by atoms with van der Waals surface area (Å²) in [7, 11) is 0. The highest BCUT2D eigenvalue weighted by Gasteiger charge is 2.25. The van der Waals surface area contributed by atoms with Gasteiger partial charge in [-0.25, -0.2) is 4.98 Å². The SMILES string of the molecule is N#CC(C(=O)c1cccc(I)c1)c1nc(-c2ccc(Cl)cc2)cs1. The smallest absolute Gasteiger partial charge is 0.186 e. The van der Waals surface area contributed by atoms with Crippen LogP contribution >= 0.6 is 45.5 Å². The third-order valence-corrected chi connectivity index (χ3v) is 5.24. The summed E-state index contributed by atoms with van der Waals surface area (Å²) >= 11 is 9.36. The number of thiazole rings is 1. The number of hydrogen-bond acceptors (Lipinski definition) is 4. The average Bonchev–Trinajstić information content (AvgIpc) is 3.06. The molecule has 6 heteroatoms. The molecule has 0 spiro atoms. The van der Waals surface area contributed by atoms with Crippen LogP contribution < -0.4 is 0 Å². The van der Waals surface area contributed by atoms with Crippen LogP contribution in [-0.2, 0) is 0 Å². The first-order chi connectivity index (χ1) is 11.6. The van der Waals surface area contributed by atoms with Gasteiger partial charge >= 0.3 is 0 Å². The second kappa shape index (κ2) is 7.43. The van der Waals surface area contributed by atoms with Crippen molar-refractivity contribution in [2.24, 2.45) is 0 Å². The highest BCUT2D eigenvalue weighted by Crippen LogP contribution is 2.29. The Bertz CT molecular complexity index is 931. The van der Waals surface area contributed by atoms with E-state index in [9.17, 15) is 10.1 Å². The van der Waals surface area contributed by atoms with Gasteiger partial charge in [0.1, 0.15) is 5.01 Å². The van der Waals surface area contributed by atoms with Crippen molar-refractivity contribution in [3.8, 4) is 17.3 Å². The summed E-state index contributed by atoms with van der Waals surface area (Å²) in [5.74, 6) is -1.12. The predicted octanol–water partition coefficient (Wildman–Crippen LogP) is 5.56. The topological polar surface area (TPSA) is 53.8 Å². The van der Waals surface area contributed by atoms with Crippen molar-refractivity contribution >= 4 is 51.3 Å². The van der Waals surface area contributed by atoms with Gasteiger partial charge in [-0.2, -0.15) is 5.26 Å². The van der Waals surface area contributed by atoms with Gasteiger partial charge < -0.3 is 0 Å². The van der Waals surface area contributed by atoms with Crippen LogP contribution in [0, 0.1) is 14.9 Å². The number of nitriles is 1. The van der Waals surface area contributed by atoms with E-state index < -0.39 is 5.92 Å². The van der Waals surface area contributed by atoms with E-state index >= 15 is 0 Å². The molecule has 3 aromatic rings. The molecule has 0 aliphatic rings. The second-order valence-electron chi connectivity index (χ2n) is 5.01. The minimum Gasteiger partial charge on any atom is -0.292 e. The number of carbonyl (C=O) groups excluding carboxylic acids is 1. The second-order valence-corrected chi connectivity index (χ2v) is 7.59. The van der Waals surface area contributed by atoms with Crippen LogP contribution in [0.2, 0.25) is 5.02 Å². The Morgan fingerprint density at radius 3 is 2.67 bits per heavy atom. The van der Waals surface area contributed by atoms with E-state index in [0.29, 0.717) is 15.6 Å². The zero-order valence-corrected chi connectivity index (χ0v) is 16.0. The summed E-state index contributed by atoms with van der Waals surface area (Å²) in [6.45, 7) is 0. The summed E-state index contributed by atoms with van der Waals surface area (Å²) < 4.78 is 0.955. The molecule has 1 unspecified atom stereocenters.